The summed E-state index contributed by atoms with van der Waals surface area (Å²) in [6.45, 7) is 0.177. The average molecular weight is 415 g/mol. The molecule has 8 nitrogen and oxygen atoms in total. The van der Waals surface area contributed by atoms with E-state index in [4.69, 9.17) is 9.26 Å². The molecule has 1 heterocycles. The van der Waals surface area contributed by atoms with E-state index in [1.54, 1.807) is 13.2 Å². The molecule has 0 aliphatic heterocycles. The van der Waals surface area contributed by atoms with Crippen LogP contribution in [0.25, 0.3) is 11.3 Å². The molecular weight excluding hydrogens is 394 g/mol. The summed E-state index contributed by atoms with van der Waals surface area (Å²) < 4.78 is 35.7. The van der Waals surface area contributed by atoms with Crippen LogP contribution in [0.1, 0.15) is 16.1 Å². The highest BCUT2D eigenvalue weighted by Crippen LogP contribution is 2.23. The van der Waals surface area contributed by atoms with Crippen molar-refractivity contribution in [3.63, 3.8) is 0 Å². The largest absolute Gasteiger partial charge is 0.497 e. The molecule has 0 saturated heterocycles. The van der Waals surface area contributed by atoms with Gasteiger partial charge in [0.1, 0.15) is 11.4 Å². The Morgan fingerprint density at radius 1 is 1.10 bits per heavy atom. The van der Waals surface area contributed by atoms with E-state index >= 15 is 0 Å². The molecule has 9 heteroatoms. The minimum atomic E-state index is -3.53. The van der Waals surface area contributed by atoms with Crippen LogP contribution in [-0.2, 0) is 16.6 Å². The molecule has 152 valence electrons. The van der Waals surface area contributed by atoms with Crippen LogP contribution in [0, 0.1) is 0 Å². The Balaban J connectivity index is 1.63. The number of hydrogen-bond acceptors (Lipinski definition) is 6. The second kappa shape index (κ2) is 8.46. The summed E-state index contributed by atoms with van der Waals surface area (Å²) in [5, 5.41) is 6.70. The fourth-order valence-electron chi connectivity index (χ4n) is 2.55. The van der Waals surface area contributed by atoms with Crippen molar-refractivity contribution in [2.24, 2.45) is 0 Å². The van der Waals surface area contributed by atoms with Gasteiger partial charge in [0, 0.05) is 31.3 Å². The first-order valence-electron chi connectivity index (χ1n) is 8.72. The molecule has 0 saturated carbocycles. The first-order chi connectivity index (χ1) is 13.8. The summed E-state index contributed by atoms with van der Waals surface area (Å²) in [6, 6.07) is 14.8. The van der Waals surface area contributed by atoms with Crippen LogP contribution >= 0.6 is 0 Å². The zero-order valence-corrected chi connectivity index (χ0v) is 17.1. The zero-order chi connectivity index (χ0) is 21.0. The number of nitrogens with zero attached hydrogens (tertiary/aromatic N) is 2. The molecule has 0 unspecified atom stereocenters. The molecule has 3 rings (SSSR count). The van der Waals surface area contributed by atoms with Gasteiger partial charge in [0.15, 0.2) is 5.76 Å². The summed E-state index contributed by atoms with van der Waals surface area (Å²) in [4.78, 5) is 12.4. The third kappa shape index (κ3) is 4.64. The van der Waals surface area contributed by atoms with E-state index in [2.05, 4.69) is 10.5 Å². The Bertz CT molecular complexity index is 1090. The van der Waals surface area contributed by atoms with E-state index in [-0.39, 0.29) is 17.3 Å². The van der Waals surface area contributed by atoms with Crippen molar-refractivity contribution in [1.82, 2.24) is 14.8 Å². The highest BCUT2D eigenvalue weighted by molar-refractivity contribution is 7.89. The molecule has 2 aromatic carbocycles. The van der Waals surface area contributed by atoms with Crippen molar-refractivity contribution in [2.75, 3.05) is 21.2 Å². The zero-order valence-electron chi connectivity index (χ0n) is 16.2. The van der Waals surface area contributed by atoms with Gasteiger partial charge in [-0.3, -0.25) is 4.79 Å². The third-order valence-corrected chi connectivity index (χ3v) is 6.09. The molecule has 0 fully saturated rings. The number of benzene rings is 2. The number of sulfonamides is 1. The van der Waals surface area contributed by atoms with Gasteiger partial charge in [0.05, 0.1) is 18.6 Å². The van der Waals surface area contributed by atoms with E-state index in [9.17, 15) is 13.2 Å². The van der Waals surface area contributed by atoms with Gasteiger partial charge in [-0.2, -0.15) is 0 Å². The van der Waals surface area contributed by atoms with Crippen molar-refractivity contribution < 1.29 is 22.5 Å². The van der Waals surface area contributed by atoms with Gasteiger partial charge in [-0.05, 0) is 48.5 Å². The number of rotatable bonds is 7. The summed E-state index contributed by atoms with van der Waals surface area (Å²) in [6.07, 6.45) is 0. The predicted molar refractivity (Wildman–Crippen MR) is 107 cm³/mol. The van der Waals surface area contributed by atoms with Crippen LogP contribution in [-0.4, -0.2) is 45.0 Å². The molecule has 1 aromatic heterocycles. The minimum absolute atomic E-state index is 0.125. The van der Waals surface area contributed by atoms with E-state index < -0.39 is 10.0 Å². The molecule has 1 N–H and O–H groups in total. The molecule has 0 aliphatic carbocycles. The second-order valence-electron chi connectivity index (χ2n) is 6.41. The first-order valence-corrected chi connectivity index (χ1v) is 10.2. The molecular formula is C20H21N3O5S. The maximum absolute atomic E-state index is 12.3. The molecule has 0 spiro atoms. The van der Waals surface area contributed by atoms with Crippen LogP contribution in [0.2, 0.25) is 0 Å². The molecule has 29 heavy (non-hydrogen) atoms. The van der Waals surface area contributed by atoms with Crippen molar-refractivity contribution >= 4 is 15.9 Å². The van der Waals surface area contributed by atoms with Gasteiger partial charge in [-0.25, -0.2) is 12.7 Å². The Labute approximate surface area is 169 Å². The molecule has 3 aromatic rings. The number of hydrogen-bond donors (Lipinski definition) is 1. The summed E-state index contributed by atoms with van der Waals surface area (Å²) >= 11 is 0. The van der Waals surface area contributed by atoms with Gasteiger partial charge in [-0.1, -0.05) is 5.16 Å². The first kappa shape index (κ1) is 20.6. The maximum atomic E-state index is 12.3. The van der Waals surface area contributed by atoms with Gasteiger partial charge >= 0.3 is 0 Å². The van der Waals surface area contributed by atoms with Crippen molar-refractivity contribution in [3.8, 4) is 17.1 Å². The topological polar surface area (TPSA) is 102 Å². The molecule has 0 bridgehead atoms. The number of nitrogens with one attached hydrogen (secondary N) is 1. The standard InChI is InChI=1S/C20H21N3O5S/c1-23(2)29(25,26)18-10-6-15(7-11-18)20(24)21-13-16-12-19(28-22-16)14-4-8-17(27-3)9-5-14/h4-12H,13H2,1-3H3,(H,21,24). The monoisotopic (exact) mass is 415 g/mol. The Hall–Kier alpha value is -3.17. The van der Waals surface area contributed by atoms with Crippen LogP contribution < -0.4 is 10.1 Å². The predicted octanol–water partition coefficient (Wildman–Crippen LogP) is 2.53. The van der Waals surface area contributed by atoms with E-state index in [0.29, 0.717) is 17.0 Å². The van der Waals surface area contributed by atoms with E-state index in [1.807, 2.05) is 24.3 Å². The summed E-state index contributed by atoms with van der Waals surface area (Å²) in [5.74, 6) is 0.980. The summed E-state index contributed by atoms with van der Waals surface area (Å²) in [7, 11) is 0.970. The second-order valence-corrected chi connectivity index (χ2v) is 8.56. The van der Waals surface area contributed by atoms with Crippen molar-refractivity contribution in [2.45, 2.75) is 11.4 Å². The lowest BCUT2D eigenvalue weighted by atomic mass is 10.1. The molecule has 1 amide bonds. The minimum Gasteiger partial charge on any atom is -0.497 e. The lowest BCUT2D eigenvalue weighted by Gasteiger charge is -2.11. The van der Waals surface area contributed by atoms with Crippen LogP contribution in [0.3, 0.4) is 0 Å². The van der Waals surface area contributed by atoms with Crippen molar-refractivity contribution in [3.05, 3.63) is 65.9 Å². The van der Waals surface area contributed by atoms with Crippen LogP contribution in [0.4, 0.5) is 0 Å². The number of aromatic nitrogens is 1. The lowest BCUT2D eigenvalue weighted by molar-refractivity contribution is 0.0950. The van der Waals surface area contributed by atoms with Gasteiger partial charge in [-0.15, -0.1) is 0 Å². The van der Waals surface area contributed by atoms with E-state index in [0.717, 1.165) is 15.6 Å². The van der Waals surface area contributed by atoms with Gasteiger partial charge in [0.2, 0.25) is 10.0 Å². The van der Waals surface area contributed by atoms with Gasteiger partial charge < -0.3 is 14.6 Å². The Kier molecular flexibility index (Phi) is 6.00. The molecule has 0 radical (unpaired) electrons. The SMILES string of the molecule is COc1ccc(-c2cc(CNC(=O)c3ccc(S(=O)(=O)N(C)C)cc3)no2)cc1. The highest BCUT2D eigenvalue weighted by Gasteiger charge is 2.17. The fraction of sp³-hybridized carbons (Fsp3) is 0.200. The lowest BCUT2D eigenvalue weighted by Crippen LogP contribution is -2.24. The fourth-order valence-corrected chi connectivity index (χ4v) is 3.45. The van der Waals surface area contributed by atoms with E-state index in [1.165, 1.54) is 38.4 Å². The van der Waals surface area contributed by atoms with Crippen LogP contribution in [0.15, 0.2) is 64.0 Å². The maximum Gasteiger partial charge on any atom is 0.251 e. The average Bonchev–Trinajstić information content (AvgIpc) is 3.21. The Morgan fingerprint density at radius 3 is 2.34 bits per heavy atom. The van der Waals surface area contributed by atoms with Crippen LogP contribution in [0.5, 0.6) is 5.75 Å². The normalized spacial score (nSPS) is 11.4. The smallest absolute Gasteiger partial charge is 0.251 e. The number of carbonyl (C=O) groups excluding carboxylic acids is 1. The number of carbonyl (C=O) groups is 1. The number of amides is 1. The van der Waals surface area contributed by atoms with Gasteiger partial charge in [0.25, 0.3) is 5.91 Å². The van der Waals surface area contributed by atoms with Crippen molar-refractivity contribution in [1.29, 1.82) is 0 Å². The number of methoxy groups -OCH3 is 1. The number of ether oxygens (including phenoxy) is 1. The Morgan fingerprint density at radius 2 is 1.76 bits per heavy atom. The summed E-state index contributed by atoms with van der Waals surface area (Å²) in [5.41, 5.74) is 1.76. The molecule has 0 atom stereocenters. The quantitative estimate of drug-likeness (QED) is 0.636. The highest BCUT2D eigenvalue weighted by atomic mass is 32.2. The molecule has 0 aliphatic rings. The third-order valence-electron chi connectivity index (χ3n) is 4.26.